The van der Waals surface area contributed by atoms with Gasteiger partial charge in [-0.1, -0.05) is 0 Å². The third-order valence-electron chi connectivity index (χ3n) is 3.07. The first kappa shape index (κ1) is 14.6. The van der Waals surface area contributed by atoms with Gasteiger partial charge in [-0.2, -0.15) is 0 Å². The fourth-order valence-corrected chi connectivity index (χ4v) is 3.64. The van der Waals surface area contributed by atoms with Crippen LogP contribution in [-0.4, -0.2) is 20.5 Å². The van der Waals surface area contributed by atoms with Gasteiger partial charge in [0.2, 0.25) is 10.0 Å². The van der Waals surface area contributed by atoms with Gasteiger partial charge in [0.15, 0.2) is 0 Å². The monoisotopic (exact) mass is 294 g/mol. The molecule has 0 bridgehead atoms. The molecule has 0 saturated carbocycles. The van der Waals surface area contributed by atoms with E-state index in [-0.39, 0.29) is 6.54 Å². The molecule has 0 radical (unpaired) electrons. The van der Waals surface area contributed by atoms with E-state index in [0.29, 0.717) is 21.8 Å². The van der Waals surface area contributed by atoms with Gasteiger partial charge in [0, 0.05) is 18.9 Å². The zero-order valence-electron chi connectivity index (χ0n) is 11.7. The van der Waals surface area contributed by atoms with Crippen molar-refractivity contribution in [2.24, 2.45) is 0 Å². The van der Waals surface area contributed by atoms with E-state index in [0.717, 1.165) is 5.56 Å². The molecule has 1 heterocycles. The van der Waals surface area contributed by atoms with Crippen LogP contribution in [0.5, 0.6) is 5.75 Å². The first-order valence-corrected chi connectivity index (χ1v) is 7.69. The topological polar surface area (TPSA) is 71.2 Å². The number of ether oxygens (including phenoxy) is 1. The van der Waals surface area contributed by atoms with E-state index in [1.54, 1.807) is 45.5 Å². The number of aromatic amines is 1. The highest BCUT2D eigenvalue weighted by Crippen LogP contribution is 2.25. The number of benzene rings is 1. The van der Waals surface area contributed by atoms with E-state index < -0.39 is 10.0 Å². The van der Waals surface area contributed by atoms with Gasteiger partial charge in [-0.05, 0) is 48.7 Å². The molecular formula is C14H18N2O3S. The summed E-state index contributed by atoms with van der Waals surface area (Å²) in [6.07, 6.45) is 3.52. The Morgan fingerprint density at radius 2 is 1.90 bits per heavy atom. The molecule has 2 aromatic rings. The number of rotatable bonds is 5. The largest absolute Gasteiger partial charge is 0.497 e. The molecule has 6 heteroatoms. The van der Waals surface area contributed by atoms with Crippen LogP contribution < -0.4 is 9.46 Å². The minimum Gasteiger partial charge on any atom is -0.497 e. The van der Waals surface area contributed by atoms with Gasteiger partial charge in [0.1, 0.15) is 5.75 Å². The average Bonchev–Trinajstić information content (AvgIpc) is 2.88. The molecule has 20 heavy (non-hydrogen) atoms. The lowest BCUT2D eigenvalue weighted by atomic mass is 10.1. The lowest BCUT2D eigenvalue weighted by Gasteiger charge is -2.13. The maximum Gasteiger partial charge on any atom is 0.241 e. The van der Waals surface area contributed by atoms with Gasteiger partial charge >= 0.3 is 0 Å². The summed E-state index contributed by atoms with van der Waals surface area (Å²) >= 11 is 0. The summed E-state index contributed by atoms with van der Waals surface area (Å²) < 4.78 is 32.6. The van der Waals surface area contributed by atoms with Crippen LogP contribution in [0.15, 0.2) is 35.5 Å². The molecule has 5 nitrogen and oxygen atoms in total. The van der Waals surface area contributed by atoms with Crippen LogP contribution in [0.3, 0.4) is 0 Å². The Morgan fingerprint density at radius 1 is 1.25 bits per heavy atom. The highest BCUT2D eigenvalue weighted by molar-refractivity contribution is 7.89. The van der Waals surface area contributed by atoms with Crippen molar-refractivity contribution in [3.05, 3.63) is 47.3 Å². The van der Waals surface area contributed by atoms with E-state index in [4.69, 9.17) is 4.74 Å². The van der Waals surface area contributed by atoms with Gasteiger partial charge in [0.25, 0.3) is 0 Å². The van der Waals surface area contributed by atoms with Crippen LogP contribution in [-0.2, 0) is 16.6 Å². The van der Waals surface area contributed by atoms with E-state index in [9.17, 15) is 8.42 Å². The number of methoxy groups -OCH3 is 1. The Morgan fingerprint density at radius 3 is 2.40 bits per heavy atom. The number of aromatic nitrogens is 1. The van der Waals surface area contributed by atoms with Crippen molar-refractivity contribution in [3.63, 3.8) is 0 Å². The SMILES string of the molecule is COc1cc(C)c(S(=O)(=O)NCc2cc[nH]c2)c(C)c1. The molecular weight excluding hydrogens is 276 g/mol. The molecule has 0 atom stereocenters. The van der Waals surface area contributed by atoms with E-state index >= 15 is 0 Å². The Bertz CT molecular complexity index is 668. The molecule has 108 valence electrons. The molecule has 0 amide bonds. The Kier molecular flexibility index (Phi) is 4.15. The summed E-state index contributed by atoms with van der Waals surface area (Å²) in [7, 11) is -1.98. The summed E-state index contributed by atoms with van der Waals surface area (Å²) in [5.74, 6) is 0.657. The zero-order valence-corrected chi connectivity index (χ0v) is 12.5. The van der Waals surface area contributed by atoms with Crippen LogP contribution in [0.1, 0.15) is 16.7 Å². The van der Waals surface area contributed by atoms with Crippen molar-refractivity contribution >= 4 is 10.0 Å². The first-order chi connectivity index (χ1) is 9.44. The van der Waals surface area contributed by atoms with Gasteiger partial charge in [-0.3, -0.25) is 0 Å². The van der Waals surface area contributed by atoms with Crippen LogP contribution in [0.2, 0.25) is 0 Å². The van der Waals surface area contributed by atoms with Crippen LogP contribution >= 0.6 is 0 Å². The van der Waals surface area contributed by atoms with Gasteiger partial charge in [-0.15, -0.1) is 0 Å². The van der Waals surface area contributed by atoms with Gasteiger partial charge < -0.3 is 9.72 Å². The third-order valence-corrected chi connectivity index (χ3v) is 4.77. The van der Waals surface area contributed by atoms with Crippen molar-refractivity contribution < 1.29 is 13.2 Å². The lowest BCUT2D eigenvalue weighted by molar-refractivity contribution is 0.413. The van der Waals surface area contributed by atoms with Crippen molar-refractivity contribution in [3.8, 4) is 5.75 Å². The fraction of sp³-hybridized carbons (Fsp3) is 0.286. The zero-order chi connectivity index (χ0) is 14.8. The van der Waals surface area contributed by atoms with Crippen molar-refractivity contribution in [2.75, 3.05) is 7.11 Å². The average molecular weight is 294 g/mol. The van der Waals surface area contributed by atoms with Gasteiger partial charge in [0.05, 0.1) is 12.0 Å². The molecule has 0 saturated heterocycles. The van der Waals surface area contributed by atoms with E-state index in [1.165, 1.54) is 0 Å². The smallest absolute Gasteiger partial charge is 0.241 e. The molecule has 2 rings (SSSR count). The summed E-state index contributed by atoms with van der Waals surface area (Å²) in [5, 5.41) is 0. The minimum absolute atomic E-state index is 0.261. The quantitative estimate of drug-likeness (QED) is 0.887. The number of hydrogen-bond donors (Lipinski definition) is 2. The van der Waals surface area contributed by atoms with Crippen molar-refractivity contribution in [2.45, 2.75) is 25.3 Å². The number of aryl methyl sites for hydroxylation is 2. The summed E-state index contributed by atoms with van der Waals surface area (Å²) in [5.41, 5.74) is 2.23. The normalized spacial score (nSPS) is 11.6. The Balaban J connectivity index is 2.29. The molecule has 0 spiro atoms. The van der Waals surface area contributed by atoms with Crippen molar-refractivity contribution in [1.82, 2.24) is 9.71 Å². The molecule has 0 unspecified atom stereocenters. The van der Waals surface area contributed by atoms with E-state index in [2.05, 4.69) is 9.71 Å². The predicted molar refractivity (Wildman–Crippen MR) is 77.3 cm³/mol. The molecule has 1 aromatic carbocycles. The Labute approximate surface area is 119 Å². The third kappa shape index (κ3) is 3.02. The lowest BCUT2D eigenvalue weighted by Crippen LogP contribution is -2.24. The summed E-state index contributed by atoms with van der Waals surface area (Å²) in [6.45, 7) is 3.79. The number of hydrogen-bond acceptors (Lipinski definition) is 3. The molecule has 0 aliphatic carbocycles. The van der Waals surface area contributed by atoms with Gasteiger partial charge in [-0.25, -0.2) is 13.1 Å². The second kappa shape index (κ2) is 5.68. The molecule has 0 aliphatic rings. The fourth-order valence-electron chi connectivity index (χ4n) is 2.17. The summed E-state index contributed by atoms with van der Waals surface area (Å²) in [4.78, 5) is 3.21. The highest BCUT2D eigenvalue weighted by Gasteiger charge is 2.20. The Hall–Kier alpha value is -1.79. The highest BCUT2D eigenvalue weighted by atomic mass is 32.2. The maximum absolute atomic E-state index is 12.4. The summed E-state index contributed by atoms with van der Waals surface area (Å²) in [6, 6.07) is 5.27. The first-order valence-electron chi connectivity index (χ1n) is 6.20. The maximum atomic E-state index is 12.4. The second-order valence-electron chi connectivity index (χ2n) is 4.63. The van der Waals surface area contributed by atoms with Crippen molar-refractivity contribution in [1.29, 1.82) is 0 Å². The molecule has 0 aliphatic heterocycles. The molecule has 2 N–H and O–H groups in total. The van der Waals surface area contributed by atoms with Crippen LogP contribution in [0, 0.1) is 13.8 Å². The number of H-pyrrole nitrogens is 1. The van der Waals surface area contributed by atoms with Crippen LogP contribution in [0.4, 0.5) is 0 Å². The van der Waals surface area contributed by atoms with E-state index in [1.807, 2.05) is 6.07 Å². The molecule has 1 aromatic heterocycles. The number of nitrogens with one attached hydrogen (secondary N) is 2. The standard InChI is InChI=1S/C14H18N2O3S/c1-10-6-13(19-3)7-11(2)14(10)20(17,18)16-9-12-4-5-15-8-12/h4-8,15-16H,9H2,1-3H3. The predicted octanol–water partition coefficient (Wildman–Crippen LogP) is 2.12. The second-order valence-corrected chi connectivity index (χ2v) is 6.34. The minimum atomic E-state index is -3.54. The molecule has 0 fully saturated rings. The van der Waals surface area contributed by atoms with Crippen LogP contribution in [0.25, 0.3) is 0 Å². The number of sulfonamides is 1.